The van der Waals surface area contributed by atoms with Crippen molar-refractivity contribution in [3.63, 3.8) is 0 Å². The standard InChI is InChI=1S/C22H25Cl3N2O3/c1-14(2)11-26-22(29)15(3)27(12-18-19(24)5-4-6-20(18)25)21(28)13-30-17-9-7-16(23)8-10-17/h4-10,14-15H,11-13H2,1-3H3,(H,26,29)/t15-/m1/s1. The topological polar surface area (TPSA) is 58.6 Å². The highest BCUT2D eigenvalue weighted by Gasteiger charge is 2.27. The smallest absolute Gasteiger partial charge is 0.261 e. The van der Waals surface area contributed by atoms with Gasteiger partial charge in [-0.05, 0) is 49.2 Å². The lowest BCUT2D eigenvalue weighted by Crippen LogP contribution is -2.49. The van der Waals surface area contributed by atoms with Crippen molar-refractivity contribution in [3.05, 3.63) is 63.1 Å². The number of ether oxygens (including phenoxy) is 1. The Labute approximate surface area is 192 Å². The molecule has 0 spiro atoms. The van der Waals surface area contributed by atoms with E-state index in [2.05, 4.69) is 5.32 Å². The summed E-state index contributed by atoms with van der Waals surface area (Å²) in [5, 5.41) is 4.28. The lowest BCUT2D eigenvalue weighted by Gasteiger charge is -2.29. The highest BCUT2D eigenvalue weighted by atomic mass is 35.5. The van der Waals surface area contributed by atoms with Crippen molar-refractivity contribution >= 4 is 46.6 Å². The maximum Gasteiger partial charge on any atom is 0.261 e. The molecule has 8 heteroatoms. The van der Waals surface area contributed by atoms with Crippen LogP contribution >= 0.6 is 34.8 Å². The summed E-state index contributed by atoms with van der Waals surface area (Å²) in [7, 11) is 0. The molecule has 0 saturated carbocycles. The van der Waals surface area contributed by atoms with Crippen molar-refractivity contribution in [2.75, 3.05) is 13.2 Å². The van der Waals surface area contributed by atoms with Crippen molar-refractivity contribution < 1.29 is 14.3 Å². The van der Waals surface area contributed by atoms with Gasteiger partial charge in [0.25, 0.3) is 5.91 Å². The van der Waals surface area contributed by atoms with Crippen LogP contribution < -0.4 is 10.1 Å². The lowest BCUT2D eigenvalue weighted by atomic mass is 10.1. The normalized spacial score (nSPS) is 11.8. The molecule has 30 heavy (non-hydrogen) atoms. The van der Waals surface area contributed by atoms with Crippen LogP contribution in [0, 0.1) is 5.92 Å². The summed E-state index contributed by atoms with van der Waals surface area (Å²) in [5.41, 5.74) is 0.573. The van der Waals surface area contributed by atoms with Crippen molar-refractivity contribution in [1.29, 1.82) is 0 Å². The van der Waals surface area contributed by atoms with Gasteiger partial charge in [0, 0.05) is 33.7 Å². The first-order valence-corrected chi connectivity index (χ1v) is 10.7. The first-order valence-electron chi connectivity index (χ1n) is 9.57. The Balaban J connectivity index is 2.19. The van der Waals surface area contributed by atoms with Gasteiger partial charge in [0.05, 0.1) is 0 Å². The van der Waals surface area contributed by atoms with Crippen LogP contribution in [0.15, 0.2) is 42.5 Å². The van der Waals surface area contributed by atoms with Crippen molar-refractivity contribution in [2.45, 2.75) is 33.4 Å². The van der Waals surface area contributed by atoms with E-state index in [1.165, 1.54) is 4.90 Å². The van der Waals surface area contributed by atoms with Gasteiger partial charge >= 0.3 is 0 Å². The number of hydrogen-bond donors (Lipinski definition) is 1. The van der Waals surface area contributed by atoms with Gasteiger partial charge in [0.1, 0.15) is 11.8 Å². The summed E-state index contributed by atoms with van der Waals surface area (Å²) in [5.74, 6) is 0.164. The Hall–Kier alpha value is -1.95. The fourth-order valence-electron chi connectivity index (χ4n) is 2.65. The molecule has 0 aliphatic heterocycles. The first kappa shape index (κ1) is 24.3. The van der Waals surface area contributed by atoms with Crippen LogP contribution in [-0.2, 0) is 16.1 Å². The lowest BCUT2D eigenvalue weighted by molar-refractivity contribution is -0.142. The Kier molecular flexibility index (Phi) is 9.28. The SMILES string of the molecule is CC(C)CNC(=O)[C@@H](C)N(Cc1c(Cl)cccc1Cl)C(=O)COc1ccc(Cl)cc1. The number of halogens is 3. The fourth-order valence-corrected chi connectivity index (χ4v) is 3.29. The molecule has 0 saturated heterocycles. The molecule has 2 rings (SSSR count). The van der Waals surface area contributed by atoms with Gasteiger partial charge in [-0.3, -0.25) is 9.59 Å². The van der Waals surface area contributed by atoms with E-state index in [0.29, 0.717) is 32.9 Å². The van der Waals surface area contributed by atoms with Crippen LogP contribution in [0.3, 0.4) is 0 Å². The number of carbonyl (C=O) groups excluding carboxylic acids is 2. The maximum atomic E-state index is 13.0. The van der Waals surface area contributed by atoms with E-state index in [4.69, 9.17) is 39.5 Å². The van der Waals surface area contributed by atoms with E-state index in [-0.39, 0.29) is 30.9 Å². The highest BCUT2D eigenvalue weighted by Crippen LogP contribution is 2.26. The molecule has 1 N–H and O–H groups in total. The quantitative estimate of drug-likeness (QED) is 0.546. The maximum absolute atomic E-state index is 13.0. The molecule has 0 unspecified atom stereocenters. The third-order valence-corrected chi connectivity index (χ3v) is 5.38. The molecule has 162 valence electrons. The zero-order valence-corrected chi connectivity index (χ0v) is 19.4. The molecule has 0 radical (unpaired) electrons. The van der Waals surface area contributed by atoms with E-state index < -0.39 is 6.04 Å². The molecule has 0 fully saturated rings. The van der Waals surface area contributed by atoms with Crippen LogP contribution in [0.5, 0.6) is 5.75 Å². The Morgan fingerprint density at radius 2 is 1.60 bits per heavy atom. The minimum absolute atomic E-state index is 0.0809. The zero-order chi connectivity index (χ0) is 22.3. The molecule has 2 aromatic carbocycles. The van der Waals surface area contributed by atoms with Crippen molar-refractivity contribution in [3.8, 4) is 5.75 Å². The summed E-state index contributed by atoms with van der Waals surface area (Å²) in [6, 6.07) is 11.1. The Morgan fingerprint density at radius 1 is 1.00 bits per heavy atom. The van der Waals surface area contributed by atoms with E-state index in [1.807, 2.05) is 13.8 Å². The molecule has 2 amide bonds. The minimum atomic E-state index is -0.739. The fraction of sp³-hybridized carbons (Fsp3) is 0.364. The molecule has 0 aliphatic rings. The van der Waals surface area contributed by atoms with Crippen molar-refractivity contribution in [1.82, 2.24) is 10.2 Å². The van der Waals surface area contributed by atoms with Crippen molar-refractivity contribution in [2.24, 2.45) is 5.92 Å². The molecular formula is C22H25Cl3N2O3. The van der Waals surface area contributed by atoms with E-state index >= 15 is 0 Å². The third-order valence-electron chi connectivity index (χ3n) is 4.42. The van der Waals surface area contributed by atoms with Crippen LogP contribution in [0.1, 0.15) is 26.3 Å². The number of nitrogens with one attached hydrogen (secondary N) is 1. The zero-order valence-electron chi connectivity index (χ0n) is 17.1. The Bertz CT molecular complexity index is 852. The monoisotopic (exact) mass is 470 g/mol. The summed E-state index contributed by atoms with van der Waals surface area (Å²) in [6.07, 6.45) is 0. The molecule has 2 aromatic rings. The largest absolute Gasteiger partial charge is 0.484 e. The van der Waals surface area contributed by atoms with Crippen LogP contribution in [-0.4, -0.2) is 35.9 Å². The molecule has 1 atom stereocenters. The molecule has 0 bridgehead atoms. The average molecular weight is 472 g/mol. The van der Waals surface area contributed by atoms with Gasteiger partial charge < -0.3 is 15.0 Å². The van der Waals surface area contributed by atoms with Gasteiger partial charge in [-0.15, -0.1) is 0 Å². The number of nitrogens with zero attached hydrogens (tertiary/aromatic N) is 1. The molecule has 0 aliphatic carbocycles. The van der Waals surface area contributed by atoms with E-state index in [9.17, 15) is 9.59 Å². The second-order valence-corrected chi connectivity index (χ2v) is 8.53. The molecule has 0 heterocycles. The van der Waals surface area contributed by atoms with Gasteiger partial charge in [-0.2, -0.15) is 0 Å². The summed E-state index contributed by atoms with van der Waals surface area (Å²) in [6.45, 7) is 6.01. The summed E-state index contributed by atoms with van der Waals surface area (Å²) >= 11 is 18.4. The van der Waals surface area contributed by atoms with Gasteiger partial charge in [0.2, 0.25) is 5.91 Å². The number of carbonyl (C=O) groups is 2. The van der Waals surface area contributed by atoms with E-state index in [1.54, 1.807) is 49.4 Å². The van der Waals surface area contributed by atoms with Gasteiger partial charge in [0.15, 0.2) is 6.61 Å². The van der Waals surface area contributed by atoms with Crippen LogP contribution in [0.2, 0.25) is 15.1 Å². The highest BCUT2D eigenvalue weighted by molar-refractivity contribution is 6.36. The molecule has 5 nitrogen and oxygen atoms in total. The summed E-state index contributed by atoms with van der Waals surface area (Å²) < 4.78 is 5.58. The predicted molar refractivity (Wildman–Crippen MR) is 121 cm³/mol. The number of amides is 2. The first-order chi connectivity index (χ1) is 14.2. The number of hydrogen-bond acceptors (Lipinski definition) is 3. The molecule has 0 aromatic heterocycles. The van der Waals surface area contributed by atoms with Crippen LogP contribution in [0.4, 0.5) is 0 Å². The van der Waals surface area contributed by atoms with E-state index in [0.717, 1.165) is 0 Å². The average Bonchev–Trinajstić information content (AvgIpc) is 2.70. The minimum Gasteiger partial charge on any atom is -0.484 e. The molecular weight excluding hydrogens is 447 g/mol. The Morgan fingerprint density at radius 3 is 2.17 bits per heavy atom. The second-order valence-electron chi connectivity index (χ2n) is 7.28. The third kappa shape index (κ3) is 7.08. The van der Waals surface area contributed by atoms with Gasteiger partial charge in [-0.1, -0.05) is 54.7 Å². The number of benzene rings is 2. The summed E-state index contributed by atoms with van der Waals surface area (Å²) in [4.78, 5) is 27.1. The number of rotatable bonds is 9. The van der Waals surface area contributed by atoms with Crippen LogP contribution in [0.25, 0.3) is 0 Å². The second kappa shape index (κ2) is 11.4. The van der Waals surface area contributed by atoms with Gasteiger partial charge in [-0.25, -0.2) is 0 Å². The predicted octanol–water partition coefficient (Wildman–Crippen LogP) is 5.22.